The molecule has 5 heterocycles. The maximum absolute atomic E-state index is 10.7. The molecule has 0 aliphatic carbocycles. The van der Waals surface area contributed by atoms with Crippen LogP contribution < -0.4 is 135 Å². The van der Waals surface area contributed by atoms with Gasteiger partial charge in [0.25, 0.3) is 0 Å². The number of allylic oxidation sites excluding steroid dienone is 2. The fourth-order valence-corrected chi connectivity index (χ4v) is 13.5. The molecular weight excluding hydrogens is 1720 g/mol. The van der Waals surface area contributed by atoms with E-state index in [0.29, 0.717) is 56.9 Å². The van der Waals surface area contributed by atoms with E-state index in [1.165, 1.54) is 77.7 Å². The second-order valence-electron chi connectivity index (χ2n) is 24.5. The van der Waals surface area contributed by atoms with Crippen LogP contribution in [0.5, 0.6) is 0 Å². The van der Waals surface area contributed by atoms with Crippen molar-refractivity contribution in [2.45, 2.75) is 156 Å². The molecule has 5 fully saturated rings. The number of azide groups is 1. The molecule has 5 aliphatic rings. The zero-order valence-electron chi connectivity index (χ0n) is 66.3. The number of rotatable bonds is 31. The van der Waals surface area contributed by atoms with Crippen LogP contribution in [-0.4, -0.2) is 152 Å². The molecular formula is C73H116Cl6N6Na3O17P5Ti. The van der Waals surface area contributed by atoms with Crippen molar-refractivity contribution >= 4 is 117 Å². The van der Waals surface area contributed by atoms with Gasteiger partial charge in [-0.15, -0.1) is 29.8 Å². The Balaban J connectivity index is -0.000000591. The number of aliphatic hydroxyl groups is 2. The second kappa shape index (κ2) is 76.5. The molecule has 8 atom stereocenters. The van der Waals surface area contributed by atoms with E-state index >= 15 is 0 Å². The number of halogens is 6. The van der Waals surface area contributed by atoms with Crippen LogP contribution in [0.3, 0.4) is 0 Å². The summed E-state index contributed by atoms with van der Waals surface area (Å²) < 4.78 is 73.0. The van der Waals surface area contributed by atoms with E-state index in [2.05, 4.69) is 139 Å². The van der Waals surface area contributed by atoms with Gasteiger partial charge in [0, 0.05) is 69.3 Å². The molecule has 0 amide bonds. The Hall–Kier alpha value is 1.63. The molecule has 0 aromatic heterocycles. The summed E-state index contributed by atoms with van der Waals surface area (Å²) in [5, 5.41) is 29.4. The van der Waals surface area contributed by atoms with Crippen LogP contribution >= 0.6 is 101 Å². The van der Waals surface area contributed by atoms with Gasteiger partial charge in [-0.1, -0.05) is 181 Å². The number of nitrogens with zero attached hydrogens (tertiary/aromatic N) is 3. The van der Waals surface area contributed by atoms with Crippen molar-refractivity contribution in [2.24, 2.45) is 10.8 Å². The summed E-state index contributed by atoms with van der Waals surface area (Å²) in [5.41, 5.74) is 19.6. The van der Waals surface area contributed by atoms with Gasteiger partial charge in [0.2, 0.25) is 7.75 Å². The number of benzene rings is 3. The smallest absolute Gasteiger partial charge is 0.0622 e. The van der Waals surface area contributed by atoms with Crippen LogP contribution in [0.4, 0.5) is 0 Å². The number of nitrogens with two attached hydrogens (primary N) is 1. The van der Waals surface area contributed by atoms with Gasteiger partial charge in [-0.2, -0.15) is 0 Å². The minimum atomic E-state index is -5.57. The maximum atomic E-state index is 10.7. The van der Waals surface area contributed by atoms with E-state index in [1.54, 1.807) is 11.2 Å². The first-order valence-corrected chi connectivity index (χ1v) is 52.2. The summed E-state index contributed by atoms with van der Waals surface area (Å²) in [7, 11) is 12.5. The molecule has 5 aliphatic heterocycles. The topological polar surface area (TPSA) is 338 Å². The molecule has 38 heteroatoms. The number of aliphatic hydroxyl groups excluding tert-OH is 2. The molecule has 0 bridgehead atoms. The van der Waals surface area contributed by atoms with E-state index in [9.17, 15) is 23.8 Å². The van der Waals surface area contributed by atoms with Crippen molar-refractivity contribution in [1.82, 2.24) is 10.2 Å². The van der Waals surface area contributed by atoms with Crippen molar-refractivity contribution in [3.63, 3.8) is 0 Å². The Morgan fingerprint density at radius 1 is 0.622 bits per heavy atom. The Morgan fingerprint density at radius 2 is 0.946 bits per heavy atom. The first kappa shape index (κ1) is 119. The van der Waals surface area contributed by atoms with Crippen LogP contribution in [0.15, 0.2) is 179 Å². The minimum absolute atomic E-state index is 0. The number of hydrogen-bond acceptors (Lipinski definition) is 20. The predicted octanol–water partition coefficient (Wildman–Crippen LogP) is 6.55. The largest absolute Gasteiger partial charge is 1.00 e. The number of epoxide rings is 1. The van der Waals surface area contributed by atoms with E-state index in [1.807, 2.05) is 58.9 Å². The molecule has 23 nitrogen and oxygen atoms in total. The van der Waals surface area contributed by atoms with Crippen LogP contribution in [0.1, 0.15) is 126 Å². The Labute approximate surface area is 762 Å². The first-order chi connectivity index (χ1) is 51.5. The monoisotopic (exact) mass is 1830 g/mol. The number of ether oxygens (including phenoxy) is 9. The molecule has 6 N–H and O–H groups in total. The van der Waals surface area contributed by atoms with Crippen LogP contribution in [0.25, 0.3) is 10.4 Å². The summed E-state index contributed by atoms with van der Waals surface area (Å²) in [6, 6.07) is 32.3. The van der Waals surface area contributed by atoms with Gasteiger partial charge in [0.1, 0.15) is 5.60 Å². The molecule has 0 spiro atoms. The summed E-state index contributed by atoms with van der Waals surface area (Å²) in [4.78, 5) is 33.4. The third kappa shape index (κ3) is 75.1. The van der Waals surface area contributed by atoms with Crippen LogP contribution in [0, 0.1) is 0 Å². The van der Waals surface area contributed by atoms with Crippen molar-refractivity contribution in [3.05, 3.63) is 184 Å². The molecule has 8 rings (SSSR count). The molecule has 5 saturated heterocycles. The molecule has 0 saturated carbocycles. The van der Waals surface area contributed by atoms with Crippen LogP contribution in [-0.2, 0) is 68.4 Å². The van der Waals surface area contributed by atoms with Crippen molar-refractivity contribution < 1.29 is 182 Å². The molecule has 614 valence electrons. The summed E-state index contributed by atoms with van der Waals surface area (Å²) >= 11 is 7.73. The predicted molar refractivity (Wildman–Crippen MR) is 443 cm³/mol. The molecule has 3 aromatic carbocycles. The van der Waals surface area contributed by atoms with Gasteiger partial charge in [-0.25, -0.2) is 0 Å². The minimum Gasteiger partial charge on any atom is -0.0622 e. The summed E-state index contributed by atoms with van der Waals surface area (Å²) in [6.45, 7) is 25.2. The standard InChI is InChI=1S/C18H15P.C10H17ClO2.C10H17N3O2.C10H21NO2P2.C10H19NO2.C5H9ClO.C5H13NO7P2.C5H8O.4ClH.3Na.Ti/c1-4-10-16(11-5-1)19(17-12-6-2-7-13-17)18-14-8-3-9-15-18;1-9(5-6-11)8-13-10-4-2-3-7-12-10;1-9(5-6-12-13-11)8-15-10-4-2-3-7-14-10;1-9(5-6-11-15-14)8-13-10-4-2-3-7-12-10;1-9(5-6-11)8-13-10-4-2-3-7-12-10;1-5(4-7)2-3-6;1-5(4-7)2-3-6-14(8,9)13-15(10,11)12;1-3-5(2)4-6-5;;;;;;;;/h1-15H;5,10H,2-4,6-8H2,1H3;5,10H,2-4,6-8H2,1H3;5,10-11,15H,2-4,6-8,14H2,1H3;5,10H,2-4,6-8,11H2,1H3;2,7H,3-4H2,1H3;2,7H,3-4H2,1H3,(H2,6,8,9)(H2,10,11,12);3H,1,4H2,2H3;4*1H;;;;/q;;;;;;;;;;;;3*+1;+4/p-7/b;4*9-5+;2*5-2+;;;;;;;;;. The Morgan fingerprint density at radius 3 is 1.22 bits per heavy atom. The summed E-state index contributed by atoms with van der Waals surface area (Å²) in [5.74, 6) is 1.05. The second-order valence-corrected chi connectivity index (χ2v) is 47.2. The quantitative estimate of drug-likeness (QED) is 0.00524. The fourth-order valence-electron chi connectivity index (χ4n) is 8.52. The average molecular weight is 1830 g/mol. The SMILES string of the molecule is C/C(=C\CCl)CO.C/C(=C\CCl)COC1CCCCO1.C/C(=C\CN)COC1CCCCO1.C/C(=C\CN=[N+]=[N-])COC1CCCCO1.C/C(=C\CNP(=O)([O-])OP(=O)([O-])[O-])CO.C/C(=C\CNPP)COC1CCCCO1.C=CC1(C)CO1.[Cl][Ti]([Cl])([Cl])[Cl].[Na+].[Na+].[Na+].c1ccc(P(c2ccccc2)c2ccccc2)cc1. The number of hydrogen-bond donors (Lipinski definition) is 5. The third-order valence-electron chi connectivity index (χ3n) is 14.6. The van der Waals surface area contributed by atoms with Crippen molar-refractivity contribution in [1.29, 1.82) is 0 Å². The van der Waals surface area contributed by atoms with E-state index in [0.717, 1.165) is 104 Å². The molecule has 8 unspecified atom stereocenters. The number of alkyl halides is 2. The first-order valence-electron chi connectivity index (χ1n) is 35.4. The Bertz CT molecular complexity index is 2990. The van der Waals surface area contributed by atoms with Crippen molar-refractivity contribution in [2.75, 3.05) is 111 Å². The molecule has 111 heavy (non-hydrogen) atoms. The third-order valence-corrected chi connectivity index (χ3v) is 20.6. The van der Waals surface area contributed by atoms with Gasteiger partial charge in [0.15, 0.2) is 25.2 Å². The van der Waals surface area contributed by atoms with Gasteiger partial charge >= 0.3 is 138 Å². The van der Waals surface area contributed by atoms with Crippen LogP contribution in [0.2, 0.25) is 0 Å². The fraction of sp³-hybridized carbons (Fsp3) is 0.562. The Kier molecular flexibility index (Phi) is 82.0. The van der Waals surface area contributed by atoms with E-state index in [-0.39, 0.29) is 139 Å². The van der Waals surface area contributed by atoms with E-state index in [4.69, 9.17) is 125 Å². The summed E-state index contributed by atoms with van der Waals surface area (Å²) in [6.07, 6.45) is 26.4. The molecule has 0 radical (unpaired) electrons. The maximum Gasteiger partial charge on any atom is 1.00 e. The molecule has 3 aromatic rings. The van der Waals surface area contributed by atoms with Gasteiger partial charge in [-0.3, -0.25) is 19.1 Å². The van der Waals surface area contributed by atoms with Gasteiger partial charge in [0.05, 0.1) is 54.1 Å². The number of phosphoric acid groups is 1. The normalized spacial score (nSPS) is 19.8. The number of nitrogens with one attached hydrogen (secondary N) is 2. The van der Waals surface area contributed by atoms with E-state index < -0.39 is 35.8 Å². The zero-order valence-corrected chi connectivity index (χ0v) is 83.3. The van der Waals surface area contributed by atoms with Gasteiger partial charge in [-0.05, 0) is 163 Å². The average Bonchev–Trinajstić information content (AvgIpc) is 1.25. The van der Waals surface area contributed by atoms with Crippen molar-refractivity contribution in [3.8, 4) is 0 Å². The van der Waals surface area contributed by atoms with Gasteiger partial charge < -0.3 is 77.8 Å². The zero-order chi connectivity index (χ0) is 80.8.